The monoisotopic (exact) mass is 427 g/mol. The fourth-order valence-electron chi connectivity index (χ4n) is 3.51. The lowest BCUT2D eigenvalue weighted by atomic mass is 10.1. The second kappa shape index (κ2) is 7.59. The highest BCUT2D eigenvalue weighted by Gasteiger charge is 2.36. The lowest BCUT2D eigenvalue weighted by molar-refractivity contribution is 0.0925. The zero-order valence-corrected chi connectivity index (χ0v) is 16.4. The highest BCUT2D eigenvalue weighted by atomic mass is 19.1. The molecule has 8 heteroatoms. The minimum absolute atomic E-state index is 0.0469. The molecule has 156 valence electrons. The average Bonchev–Trinajstić information content (AvgIpc) is 3.38. The number of anilines is 2. The van der Waals surface area contributed by atoms with Crippen LogP contribution in [0.2, 0.25) is 0 Å². The van der Waals surface area contributed by atoms with Gasteiger partial charge >= 0.3 is 0 Å². The van der Waals surface area contributed by atoms with Gasteiger partial charge in [0.15, 0.2) is 11.5 Å². The zero-order valence-electron chi connectivity index (χ0n) is 16.4. The lowest BCUT2D eigenvalue weighted by Crippen LogP contribution is -2.29. The molecule has 3 aromatic carbocycles. The number of amides is 3. The normalized spacial score (nSPS) is 12.7. The fraction of sp³-hybridized carbons (Fsp3) is 0. The molecule has 0 bridgehead atoms. The number of hydrogen-bond acceptors (Lipinski definition) is 5. The van der Waals surface area contributed by atoms with Gasteiger partial charge in [0, 0.05) is 11.8 Å². The Morgan fingerprint density at radius 3 is 2.19 bits per heavy atom. The summed E-state index contributed by atoms with van der Waals surface area (Å²) in [6.45, 7) is 0. The summed E-state index contributed by atoms with van der Waals surface area (Å²) in [5.74, 6) is -1.83. The minimum atomic E-state index is -0.587. The molecule has 0 saturated carbocycles. The second-order valence-electron chi connectivity index (χ2n) is 7.05. The second-order valence-corrected chi connectivity index (χ2v) is 7.05. The zero-order chi connectivity index (χ0) is 22.2. The number of halogens is 1. The number of fused-ring (bicyclic) bond motifs is 1. The smallest absolute Gasteiger partial charge is 0.277 e. The molecular formula is C24H14FN3O4. The van der Waals surface area contributed by atoms with Gasteiger partial charge in [-0.2, -0.15) is 0 Å². The van der Waals surface area contributed by atoms with E-state index in [9.17, 15) is 18.8 Å². The number of rotatable bonds is 4. The number of nitrogens with one attached hydrogen (secondary N) is 1. The van der Waals surface area contributed by atoms with E-state index in [2.05, 4.69) is 10.5 Å². The third-order valence-electron chi connectivity index (χ3n) is 5.04. The number of carbonyl (C=O) groups is 3. The number of carbonyl (C=O) groups excluding carboxylic acids is 3. The van der Waals surface area contributed by atoms with Gasteiger partial charge < -0.3 is 9.84 Å². The van der Waals surface area contributed by atoms with Crippen molar-refractivity contribution < 1.29 is 23.3 Å². The lowest BCUT2D eigenvalue weighted by Gasteiger charge is -2.15. The van der Waals surface area contributed by atoms with E-state index in [0.717, 1.165) is 4.90 Å². The van der Waals surface area contributed by atoms with Crippen molar-refractivity contribution in [3.8, 4) is 11.3 Å². The third kappa shape index (κ3) is 3.24. The molecule has 3 amide bonds. The molecule has 0 radical (unpaired) electrons. The van der Waals surface area contributed by atoms with Gasteiger partial charge in [-0.25, -0.2) is 9.29 Å². The largest absolute Gasteiger partial charge is 0.355 e. The van der Waals surface area contributed by atoms with Gasteiger partial charge in [-0.05, 0) is 42.5 Å². The van der Waals surface area contributed by atoms with Crippen LogP contribution in [0.25, 0.3) is 11.3 Å². The van der Waals surface area contributed by atoms with Crippen molar-refractivity contribution in [2.45, 2.75) is 0 Å². The van der Waals surface area contributed by atoms with Crippen LogP contribution in [-0.2, 0) is 0 Å². The van der Waals surface area contributed by atoms with Crippen molar-refractivity contribution in [3.05, 3.63) is 102 Å². The Kier molecular flexibility index (Phi) is 4.59. The van der Waals surface area contributed by atoms with Gasteiger partial charge in [-0.15, -0.1) is 0 Å². The van der Waals surface area contributed by atoms with E-state index in [1.807, 2.05) is 0 Å². The van der Waals surface area contributed by atoms with Gasteiger partial charge in [0.25, 0.3) is 17.7 Å². The molecule has 4 aromatic rings. The first kappa shape index (κ1) is 19.4. The van der Waals surface area contributed by atoms with E-state index in [-0.39, 0.29) is 17.0 Å². The van der Waals surface area contributed by atoms with Crippen LogP contribution in [-0.4, -0.2) is 22.9 Å². The first-order chi connectivity index (χ1) is 15.5. The summed E-state index contributed by atoms with van der Waals surface area (Å²) in [5.41, 5.74) is 1.46. The highest BCUT2D eigenvalue weighted by Crippen LogP contribution is 2.30. The maximum Gasteiger partial charge on any atom is 0.277 e. The molecular weight excluding hydrogens is 413 g/mol. The highest BCUT2D eigenvalue weighted by molar-refractivity contribution is 6.34. The molecule has 1 aromatic heterocycles. The molecule has 1 aliphatic rings. The fourth-order valence-corrected chi connectivity index (χ4v) is 3.51. The Hall–Kier alpha value is -4.59. The van der Waals surface area contributed by atoms with Crippen LogP contribution in [0.15, 0.2) is 83.4 Å². The number of hydrogen-bond donors (Lipinski definition) is 1. The van der Waals surface area contributed by atoms with Gasteiger partial charge in [0.1, 0.15) is 5.82 Å². The van der Waals surface area contributed by atoms with Crippen molar-refractivity contribution in [1.82, 2.24) is 5.16 Å². The molecule has 1 aliphatic heterocycles. The number of benzene rings is 3. The van der Waals surface area contributed by atoms with Crippen LogP contribution in [0.3, 0.4) is 0 Å². The third-order valence-corrected chi connectivity index (χ3v) is 5.04. The van der Waals surface area contributed by atoms with Crippen LogP contribution in [0.5, 0.6) is 0 Å². The SMILES string of the molecule is O=C(Nc1cccc(N2C(=O)c3ccccc3C2=O)c1)c1cc(-c2ccccc2F)on1. The summed E-state index contributed by atoms with van der Waals surface area (Å²) < 4.78 is 19.0. The van der Waals surface area contributed by atoms with Crippen LogP contribution in [0, 0.1) is 5.82 Å². The standard InChI is InChI=1S/C24H14FN3O4/c25-19-11-4-3-10-18(19)21-13-20(27-32-21)22(29)26-14-6-5-7-15(12-14)28-23(30)16-8-1-2-9-17(16)24(28)31/h1-13H,(H,26,29). The first-order valence-corrected chi connectivity index (χ1v) is 9.64. The molecule has 1 N–H and O–H groups in total. The number of aromatic nitrogens is 1. The van der Waals surface area contributed by atoms with Crippen molar-refractivity contribution in [3.63, 3.8) is 0 Å². The number of nitrogens with zero attached hydrogens (tertiary/aromatic N) is 2. The van der Waals surface area contributed by atoms with Crippen molar-refractivity contribution in [1.29, 1.82) is 0 Å². The predicted molar refractivity (Wildman–Crippen MR) is 114 cm³/mol. The summed E-state index contributed by atoms with van der Waals surface area (Å²) >= 11 is 0. The molecule has 0 aliphatic carbocycles. The molecule has 32 heavy (non-hydrogen) atoms. The van der Waals surface area contributed by atoms with Gasteiger partial charge in [0.05, 0.1) is 22.4 Å². The van der Waals surface area contributed by atoms with Crippen LogP contribution < -0.4 is 10.2 Å². The summed E-state index contributed by atoms with van der Waals surface area (Å²) in [4.78, 5) is 39.1. The maximum absolute atomic E-state index is 13.9. The summed E-state index contributed by atoms with van der Waals surface area (Å²) in [5, 5.41) is 6.36. The Balaban J connectivity index is 1.37. The molecule has 0 unspecified atom stereocenters. The van der Waals surface area contributed by atoms with Crippen LogP contribution in [0.4, 0.5) is 15.8 Å². The predicted octanol–water partition coefficient (Wildman–Crippen LogP) is 4.53. The Labute approximate surface area is 181 Å². The molecule has 0 spiro atoms. The average molecular weight is 427 g/mol. The van der Waals surface area contributed by atoms with Crippen molar-refractivity contribution in [2.24, 2.45) is 0 Å². The molecule has 0 saturated heterocycles. The molecule has 0 fully saturated rings. The van der Waals surface area contributed by atoms with Crippen LogP contribution >= 0.6 is 0 Å². The molecule has 2 heterocycles. The Bertz CT molecular complexity index is 1360. The van der Waals surface area contributed by atoms with E-state index < -0.39 is 23.5 Å². The quantitative estimate of drug-likeness (QED) is 0.483. The molecule has 0 atom stereocenters. The van der Waals surface area contributed by atoms with E-state index in [4.69, 9.17) is 4.52 Å². The minimum Gasteiger partial charge on any atom is -0.355 e. The molecule has 5 rings (SSSR count). The summed E-state index contributed by atoms with van der Waals surface area (Å²) in [6.07, 6.45) is 0. The van der Waals surface area contributed by atoms with E-state index in [1.54, 1.807) is 54.6 Å². The van der Waals surface area contributed by atoms with E-state index in [0.29, 0.717) is 22.5 Å². The van der Waals surface area contributed by atoms with Crippen molar-refractivity contribution in [2.75, 3.05) is 10.2 Å². The van der Waals surface area contributed by atoms with Crippen molar-refractivity contribution >= 4 is 29.1 Å². The van der Waals surface area contributed by atoms with Gasteiger partial charge in [-0.3, -0.25) is 14.4 Å². The topological polar surface area (TPSA) is 92.5 Å². The van der Waals surface area contributed by atoms with E-state index in [1.165, 1.54) is 24.3 Å². The van der Waals surface area contributed by atoms with Crippen LogP contribution in [0.1, 0.15) is 31.2 Å². The summed E-state index contributed by atoms with van der Waals surface area (Å²) in [7, 11) is 0. The number of imide groups is 1. The molecule has 7 nitrogen and oxygen atoms in total. The Morgan fingerprint density at radius 1 is 0.844 bits per heavy atom. The van der Waals surface area contributed by atoms with E-state index >= 15 is 0 Å². The van der Waals surface area contributed by atoms with Gasteiger partial charge in [0.2, 0.25) is 0 Å². The van der Waals surface area contributed by atoms with Gasteiger partial charge in [-0.1, -0.05) is 35.5 Å². The summed E-state index contributed by atoms with van der Waals surface area (Å²) in [6, 6.07) is 20.2. The first-order valence-electron chi connectivity index (χ1n) is 9.64. The Morgan fingerprint density at radius 2 is 1.50 bits per heavy atom. The maximum atomic E-state index is 13.9.